The van der Waals surface area contributed by atoms with Gasteiger partial charge < -0.3 is 10.2 Å². The summed E-state index contributed by atoms with van der Waals surface area (Å²) >= 11 is 6.18. The Morgan fingerprint density at radius 2 is 2.00 bits per heavy atom. The molecular formula is C16H21ClN4. The molecule has 21 heavy (non-hydrogen) atoms. The number of halogens is 1. The Morgan fingerprint density at radius 3 is 2.67 bits per heavy atom. The van der Waals surface area contributed by atoms with E-state index in [2.05, 4.69) is 22.2 Å². The largest absolute Gasteiger partial charge is 0.354 e. The van der Waals surface area contributed by atoms with Crippen molar-refractivity contribution in [2.24, 2.45) is 0 Å². The number of hydrogen-bond donors (Lipinski definition) is 1. The summed E-state index contributed by atoms with van der Waals surface area (Å²) in [4.78, 5) is 10.9. The van der Waals surface area contributed by atoms with Crippen LogP contribution in [0.5, 0.6) is 0 Å². The van der Waals surface area contributed by atoms with Crippen LogP contribution in [0, 0.1) is 0 Å². The summed E-state index contributed by atoms with van der Waals surface area (Å²) in [7, 11) is 1.99. The molecule has 2 aromatic rings. The van der Waals surface area contributed by atoms with Gasteiger partial charge in [0.15, 0.2) is 0 Å². The first-order chi connectivity index (χ1) is 10.2. The summed E-state index contributed by atoms with van der Waals surface area (Å²) in [5.41, 5.74) is 2.04. The van der Waals surface area contributed by atoms with Gasteiger partial charge in [-0.05, 0) is 24.6 Å². The molecule has 0 aliphatic heterocycles. The predicted molar refractivity (Wildman–Crippen MR) is 87.6 cm³/mol. The Morgan fingerprint density at radius 1 is 1.19 bits per heavy atom. The van der Waals surface area contributed by atoms with Crippen molar-refractivity contribution in [3.8, 4) is 0 Å². The molecule has 0 aliphatic carbocycles. The van der Waals surface area contributed by atoms with E-state index in [1.807, 2.05) is 42.4 Å². The minimum Gasteiger partial charge on any atom is -0.354 e. The molecule has 1 aromatic carbocycles. The monoisotopic (exact) mass is 304 g/mol. The number of nitrogens with zero attached hydrogens (tertiary/aromatic N) is 3. The van der Waals surface area contributed by atoms with E-state index in [0.717, 1.165) is 41.6 Å². The van der Waals surface area contributed by atoms with Gasteiger partial charge in [0.2, 0.25) is 0 Å². The third kappa shape index (κ3) is 4.69. The van der Waals surface area contributed by atoms with Gasteiger partial charge >= 0.3 is 0 Å². The second-order valence-electron chi connectivity index (χ2n) is 4.99. The van der Waals surface area contributed by atoms with Gasteiger partial charge in [-0.1, -0.05) is 36.7 Å². The molecule has 0 amide bonds. The Kier molecular flexibility index (Phi) is 5.96. The number of hydrogen-bond acceptors (Lipinski definition) is 4. The van der Waals surface area contributed by atoms with Crippen LogP contribution in [-0.4, -0.2) is 23.6 Å². The smallest absolute Gasteiger partial charge is 0.147 e. The van der Waals surface area contributed by atoms with Crippen LogP contribution in [0.2, 0.25) is 5.02 Å². The Labute approximate surface area is 131 Å². The molecular weight excluding hydrogens is 284 g/mol. The molecule has 1 aromatic heterocycles. The molecule has 0 unspecified atom stereocenters. The molecule has 0 fully saturated rings. The molecule has 0 bridgehead atoms. The zero-order chi connectivity index (χ0) is 15.1. The summed E-state index contributed by atoms with van der Waals surface area (Å²) in [6.45, 7) is 4.61. The van der Waals surface area contributed by atoms with E-state index in [-0.39, 0.29) is 0 Å². The van der Waals surface area contributed by atoms with Gasteiger partial charge in [0.05, 0.1) is 18.1 Å². The number of anilines is 1. The predicted octanol–water partition coefficient (Wildman–Crippen LogP) is 3.27. The van der Waals surface area contributed by atoms with Crippen LogP contribution in [0.15, 0.2) is 36.7 Å². The Hall–Kier alpha value is -1.65. The second-order valence-corrected chi connectivity index (χ2v) is 5.40. The SMILES string of the molecule is CCCNCc1cnc(N(C)Cc2ccccc2Cl)cn1. The summed E-state index contributed by atoms with van der Waals surface area (Å²) in [6, 6.07) is 7.85. The maximum absolute atomic E-state index is 6.18. The Bertz CT molecular complexity index is 556. The molecule has 0 radical (unpaired) electrons. The summed E-state index contributed by atoms with van der Waals surface area (Å²) < 4.78 is 0. The fourth-order valence-corrected chi connectivity index (χ4v) is 2.19. The topological polar surface area (TPSA) is 41.1 Å². The third-order valence-corrected chi connectivity index (χ3v) is 3.55. The van der Waals surface area contributed by atoms with Crippen LogP contribution in [0.25, 0.3) is 0 Å². The highest BCUT2D eigenvalue weighted by Crippen LogP contribution is 2.18. The third-order valence-electron chi connectivity index (χ3n) is 3.18. The average molecular weight is 305 g/mol. The van der Waals surface area contributed by atoms with E-state index >= 15 is 0 Å². The lowest BCUT2D eigenvalue weighted by Gasteiger charge is -2.18. The van der Waals surface area contributed by atoms with Crippen LogP contribution in [-0.2, 0) is 13.1 Å². The van der Waals surface area contributed by atoms with Gasteiger partial charge in [0.1, 0.15) is 5.82 Å². The fraction of sp³-hybridized carbons (Fsp3) is 0.375. The molecule has 0 aliphatic rings. The molecule has 0 saturated carbocycles. The average Bonchev–Trinajstić information content (AvgIpc) is 2.50. The van der Waals surface area contributed by atoms with Crippen molar-refractivity contribution in [2.45, 2.75) is 26.4 Å². The first kappa shape index (κ1) is 15.7. The lowest BCUT2D eigenvalue weighted by Crippen LogP contribution is -2.19. The normalized spacial score (nSPS) is 10.6. The molecule has 4 nitrogen and oxygen atoms in total. The standard InChI is InChI=1S/C16H21ClN4/c1-3-8-18-9-14-10-20-16(11-19-14)21(2)12-13-6-4-5-7-15(13)17/h4-7,10-11,18H,3,8-9,12H2,1-2H3. The van der Waals surface area contributed by atoms with E-state index in [1.165, 1.54) is 0 Å². The molecule has 2 rings (SSSR count). The first-order valence-electron chi connectivity index (χ1n) is 7.17. The minimum atomic E-state index is 0.710. The number of aromatic nitrogens is 2. The summed E-state index contributed by atoms with van der Waals surface area (Å²) in [5.74, 6) is 0.842. The second kappa shape index (κ2) is 7.96. The van der Waals surface area contributed by atoms with E-state index in [4.69, 9.17) is 11.6 Å². The van der Waals surface area contributed by atoms with Gasteiger partial charge in [-0.2, -0.15) is 0 Å². The van der Waals surface area contributed by atoms with Crippen molar-refractivity contribution in [1.82, 2.24) is 15.3 Å². The molecule has 0 atom stereocenters. The van der Waals surface area contributed by atoms with Crippen LogP contribution in [0.3, 0.4) is 0 Å². The number of rotatable bonds is 7. The van der Waals surface area contributed by atoms with E-state index in [0.29, 0.717) is 6.54 Å². The quantitative estimate of drug-likeness (QED) is 0.797. The van der Waals surface area contributed by atoms with Gasteiger partial charge in [-0.3, -0.25) is 4.98 Å². The summed E-state index contributed by atoms with van der Waals surface area (Å²) in [5, 5.41) is 4.09. The molecule has 1 N–H and O–H groups in total. The van der Waals surface area contributed by atoms with Gasteiger partial charge in [-0.15, -0.1) is 0 Å². The van der Waals surface area contributed by atoms with Crippen LogP contribution in [0.4, 0.5) is 5.82 Å². The zero-order valence-electron chi connectivity index (χ0n) is 12.5. The van der Waals surface area contributed by atoms with Crippen molar-refractivity contribution in [3.05, 3.63) is 52.9 Å². The highest BCUT2D eigenvalue weighted by molar-refractivity contribution is 6.31. The van der Waals surface area contributed by atoms with Gasteiger partial charge in [0.25, 0.3) is 0 Å². The van der Waals surface area contributed by atoms with Crippen LogP contribution in [0.1, 0.15) is 24.6 Å². The molecule has 112 valence electrons. The van der Waals surface area contributed by atoms with Crippen molar-refractivity contribution < 1.29 is 0 Å². The summed E-state index contributed by atoms with van der Waals surface area (Å²) in [6.07, 6.45) is 4.74. The first-order valence-corrected chi connectivity index (χ1v) is 7.54. The van der Waals surface area contributed by atoms with E-state index in [1.54, 1.807) is 6.20 Å². The molecule has 0 spiro atoms. The highest BCUT2D eigenvalue weighted by Gasteiger charge is 2.07. The number of benzene rings is 1. The maximum Gasteiger partial charge on any atom is 0.147 e. The Balaban J connectivity index is 1.96. The van der Waals surface area contributed by atoms with Crippen LogP contribution >= 0.6 is 11.6 Å². The lowest BCUT2D eigenvalue weighted by atomic mass is 10.2. The fourth-order valence-electron chi connectivity index (χ4n) is 1.99. The van der Waals surface area contributed by atoms with Crippen molar-refractivity contribution in [1.29, 1.82) is 0 Å². The van der Waals surface area contributed by atoms with Crippen molar-refractivity contribution in [2.75, 3.05) is 18.5 Å². The van der Waals surface area contributed by atoms with E-state index < -0.39 is 0 Å². The van der Waals surface area contributed by atoms with Crippen molar-refractivity contribution in [3.63, 3.8) is 0 Å². The van der Waals surface area contributed by atoms with Gasteiger partial charge in [0, 0.05) is 25.2 Å². The zero-order valence-corrected chi connectivity index (χ0v) is 13.3. The molecule has 1 heterocycles. The number of nitrogens with one attached hydrogen (secondary N) is 1. The molecule has 0 saturated heterocycles. The van der Waals surface area contributed by atoms with Gasteiger partial charge in [-0.25, -0.2) is 4.98 Å². The highest BCUT2D eigenvalue weighted by atomic mass is 35.5. The van der Waals surface area contributed by atoms with Crippen LogP contribution < -0.4 is 10.2 Å². The van der Waals surface area contributed by atoms with E-state index in [9.17, 15) is 0 Å². The molecule has 5 heteroatoms. The van der Waals surface area contributed by atoms with Crippen molar-refractivity contribution >= 4 is 17.4 Å². The lowest BCUT2D eigenvalue weighted by molar-refractivity contribution is 0.661. The maximum atomic E-state index is 6.18. The minimum absolute atomic E-state index is 0.710.